The number of halogens is 1. The van der Waals surface area contributed by atoms with Crippen molar-refractivity contribution in [2.75, 3.05) is 0 Å². The van der Waals surface area contributed by atoms with Crippen molar-refractivity contribution >= 4 is 28.7 Å². The number of aromatic nitrogens is 2. The molecule has 2 fully saturated rings. The Bertz CT molecular complexity index is 1590. The van der Waals surface area contributed by atoms with E-state index in [-0.39, 0.29) is 18.2 Å². The molecule has 3 aliphatic rings. The fourth-order valence-corrected chi connectivity index (χ4v) is 6.61. The molecule has 0 radical (unpaired) electrons. The van der Waals surface area contributed by atoms with Gasteiger partial charge in [0.25, 0.3) is 0 Å². The molecule has 3 heterocycles. The summed E-state index contributed by atoms with van der Waals surface area (Å²) in [6.45, 7) is 6.25. The van der Waals surface area contributed by atoms with Gasteiger partial charge in [-0.2, -0.15) is 0 Å². The molecule has 1 aromatic heterocycles. The minimum absolute atomic E-state index is 0.0785. The number of amides is 1. The first-order chi connectivity index (χ1) is 18.2. The van der Waals surface area contributed by atoms with E-state index in [9.17, 15) is 4.79 Å². The van der Waals surface area contributed by atoms with Crippen LogP contribution >= 0.6 is 11.6 Å². The van der Waals surface area contributed by atoms with Crippen molar-refractivity contribution < 1.29 is 14.3 Å². The average Bonchev–Trinajstić information content (AvgIpc) is 3.61. The number of H-pyrrole nitrogens is 1. The maximum Gasteiger partial charge on any atom is 0.411 e. The summed E-state index contributed by atoms with van der Waals surface area (Å²) in [6, 6.07) is 18.7. The Morgan fingerprint density at radius 1 is 1.05 bits per heavy atom. The summed E-state index contributed by atoms with van der Waals surface area (Å²) in [4.78, 5) is 23.6. The maximum atomic E-state index is 13.1. The Balaban J connectivity index is 1.21. The van der Waals surface area contributed by atoms with Crippen LogP contribution in [0.1, 0.15) is 57.5 Å². The third kappa shape index (κ3) is 3.93. The van der Waals surface area contributed by atoms with E-state index in [1.807, 2.05) is 43.9 Å². The van der Waals surface area contributed by atoms with Crippen LogP contribution in [0.25, 0.3) is 33.3 Å². The lowest BCUT2D eigenvalue weighted by Crippen LogP contribution is -2.43. The Labute approximate surface area is 226 Å². The highest BCUT2D eigenvalue weighted by Gasteiger charge is 2.51. The second kappa shape index (κ2) is 8.50. The fourth-order valence-electron chi connectivity index (χ4n) is 6.41. The highest BCUT2D eigenvalue weighted by atomic mass is 35.5. The number of likely N-dealkylation sites (tertiary alicyclic amines) is 1. The van der Waals surface area contributed by atoms with Crippen LogP contribution in [0.15, 0.2) is 54.6 Å². The summed E-state index contributed by atoms with van der Waals surface area (Å²) in [5, 5.41) is 0.722. The molecule has 7 rings (SSSR count). The van der Waals surface area contributed by atoms with Crippen LogP contribution in [0.3, 0.4) is 0 Å². The number of hydrogen-bond donors (Lipinski definition) is 1. The topological polar surface area (TPSA) is 67.4 Å². The van der Waals surface area contributed by atoms with Crippen LogP contribution < -0.4 is 4.74 Å². The summed E-state index contributed by atoms with van der Waals surface area (Å²) in [5.41, 5.74) is 6.84. The van der Waals surface area contributed by atoms with E-state index >= 15 is 0 Å². The van der Waals surface area contributed by atoms with Crippen LogP contribution in [-0.2, 0) is 11.3 Å². The lowest BCUT2D eigenvalue weighted by atomic mass is 9.94. The molecule has 4 aromatic rings. The molecule has 2 aliphatic heterocycles. The average molecular weight is 528 g/mol. The molecule has 2 bridgehead atoms. The molecule has 38 heavy (non-hydrogen) atoms. The molecular weight excluding hydrogens is 498 g/mol. The SMILES string of the molecule is CC(C)(C)OC(=O)N1[C@@H]2CCC(C2)[C@H]1c1nc2ccc(-c3ccc4c(c3)OCc3cc(Cl)ccc3-4)cc2[nH]1. The number of nitrogens with zero attached hydrogens (tertiary/aromatic N) is 2. The van der Waals surface area contributed by atoms with Gasteiger partial charge in [-0.15, -0.1) is 0 Å². The van der Waals surface area contributed by atoms with Gasteiger partial charge in [-0.05, 0) is 98.5 Å². The zero-order valence-corrected chi connectivity index (χ0v) is 22.5. The Kier molecular flexibility index (Phi) is 5.28. The maximum absolute atomic E-state index is 13.1. The van der Waals surface area contributed by atoms with Gasteiger partial charge >= 0.3 is 6.09 Å². The Hall–Kier alpha value is -3.51. The van der Waals surface area contributed by atoms with Gasteiger partial charge in [0.2, 0.25) is 0 Å². The highest BCUT2D eigenvalue weighted by molar-refractivity contribution is 6.30. The largest absolute Gasteiger partial charge is 0.488 e. The molecule has 1 aliphatic carbocycles. The van der Waals surface area contributed by atoms with Crippen LogP contribution in [0.2, 0.25) is 5.02 Å². The number of fused-ring (bicyclic) bond motifs is 6. The quantitative estimate of drug-likeness (QED) is 0.287. The molecule has 194 valence electrons. The van der Waals surface area contributed by atoms with E-state index in [1.54, 1.807) is 0 Å². The van der Waals surface area contributed by atoms with Crippen LogP contribution in [0.5, 0.6) is 5.75 Å². The third-order valence-corrected chi connectivity index (χ3v) is 8.26. The van der Waals surface area contributed by atoms with Crippen molar-refractivity contribution in [2.45, 2.75) is 64.3 Å². The smallest absolute Gasteiger partial charge is 0.411 e. The molecular formula is C31H30ClN3O3. The van der Waals surface area contributed by atoms with E-state index in [1.165, 1.54) is 0 Å². The number of hydrogen-bond acceptors (Lipinski definition) is 4. The first-order valence-corrected chi connectivity index (χ1v) is 13.7. The lowest BCUT2D eigenvalue weighted by Gasteiger charge is -2.35. The fraction of sp³-hybridized carbons (Fsp3) is 0.355. The van der Waals surface area contributed by atoms with E-state index in [4.69, 9.17) is 26.1 Å². The van der Waals surface area contributed by atoms with E-state index in [2.05, 4.69) is 41.4 Å². The molecule has 1 amide bonds. The molecule has 3 aromatic carbocycles. The van der Waals surface area contributed by atoms with Crippen LogP contribution in [0.4, 0.5) is 4.79 Å². The summed E-state index contributed by atoms with van der Waals surface area (Å²) in [7, 11) is 0. The number of nitrogens with one attached hydrogen (secondary N) is 1. The third-order valence-electron chi connectivity index (χ3n) is 8.03. The second-order valence-electron chi connectivity index (χ2n) is 11.7. The van der Waals surface area contributed by atoms with E-state index in [0.717, 1.165) is 74.7 Å². The molecule has 6 nitrogen and oxygen atoms in total. The number of benzene rings is 3. The highest BCUT2D eigenvalue weighted by Crippen LogP contribution is 2.50. The van der Waals surface area contributed by atoms with Crippen LogP contribution in [0, 0.1) is 5.92 Å². The summed E-state index contributed by atoms with van der Waals surface area (Å²) >= 11 is 6.18. The molecule has 7 heteroatoms. The molecule has 3 atom stereocenters. The van der Waals surface area contributed by atoms with Crippen molar-refractivity contribution in [3.8, 4) is 28.0 Å². The Morgan fingerprint density at radius 2 is 1.84 bits per heavy atom. The van der Waals surface area contributed by atoms with Crippen molar-refractivity contribution in [2.24, 2.45) is 5.92 Å². The number of ether oxygens (including phenoxy) is 2. The zero-order chi connectivity index (χ0) is 26.2. The van der Waals surface area contributed by atoms with Gasteiger partial charge in [-0.1, -0.05) is 35.9 Å². The summed E-state index contributed by atoms with van der Waals surface area (Å²) in [6.07, 6.45) is 2.91. The predicted octanol–water partition coefficient (Wildman–Crippen LogP) is 7.90. The van der Waals surface area contributed by atoms with Gasteiger partial charge in [0.05, 0.1) is 17.1 Å². The zero-order valence-electron chi connectivity index (χ0n) is 21.8. The van der Waals surface area contributed by atoms with Crippen molar-refractivity contribution in [3.63, 3.8) is 0 Å². The minimum atomic E-state index is -0.528. The van der Waals surface area contributed by atoms with Gasteiger partial charge < -0.3 is 14.5 Å². The summed E-state index contributed by atoms with van der Waals surface area (Å²) in [5.74, 6) is 2.13. The summed E-state index contributed by atoms with van der Waals surface area (Å²) < 4.78 is 11.9. The lowest BCUT2D eigenvalue weighted by molar-refractivity contribution is 0.00623. The number of piperidine rings is 1. The van der Waals surface area contributed by atoms with Crippen LogP contribution in [-0.4, -0.2) is 32.6 Å². The monoisotopic (exact) mass is 527 g/mol. The Morgan fingerprint density at radius 3 is 2.68 bits per heavy atom. The van der Waals surface area contributed by atoms with Crippen molar-refractivity contribution in [1.82, 2.24) is 14.9 Å². The standard InChI is InChI=1S/C31H30ClN3O3/c1-31(2,3)38-30(36)35-22-8-4-19(13-22)28(35)29-33-25-11-6-17(14-26(25)34-29)18-5-9-24-23-10-7-21(32)12-20(23)16-37-27(24)15-18/h5-7,9-12,14-15,19,22,28H,4,8,13,16H2,1-3H3,(H,33,34)/t19?,22-,28+/m1/s1. The number of carbonyl (C=O) groups is 1. The van der Waals surface area contributed by atoms with Gasteiger partial charge in [0.15, 0.2) is 0 Å². The molecule has 0 spiro atoms. The molecule has 1 saturated carbocycles. The van der Waals surface area contributed by atoms with E-state index in [0.29, 0.717) is 12.5 Å². The van der Waals surface area contributed by atoms with Gasteiger partial charge in [-0.3, -0.25) is 4.90 Å². The first-order valence-electron chi connectivity index (χ1n) is 13.3. The van der Waals surface area contributed by atoms with Gasteiger partial charge in [-0.25, -0.2) is 9.78 Å². The predicted molar refractivity (Wildman–Crippen MR) is 148 cm³/mol. The normalized spacial score (nSPS) is 21.8. The number of carbonyl (C=O) groups excluding carboxylic acids is 1. The molecule has 1 unspecified atom stereocenters. The number of rotatable bonds is 2. The second-order valence-corrected chi connectivity index (χ2v) is 12.2. The number of imidazole rings is 1. The van der Waals surface area contributed by atoms with Gasteiger partial charge in [0.1, 0.15) is 23.8 Å². The molecule has 1 saturated heterocycles. The van der Waals surface area contributed by atoms with Gasteiger partial charge in [0, 0.05) is 16.6 Å². The molecule has 1 N–H and O–H groups in total. The number of aromatic amines is 1. The van der Waals surface area contributed by atoms with Crippen molar-refractivity contribution in [3.05, 3.63) is 71.0 Å². The van der Waals surface area contributed by atoms with E-state index < -0.39 is 5.60 Å². The first kappa shape index (κ1) is 23.6. The minimum Gasteiger partial charge on any atom is -0.488 e. The van der Waals surface area contributed by atoms with Crippen molar-refractivity contribution in [1.29, 1.82) is 0 Å².